The Morgan fingerprint density at radius 3 is 2.86 bits per heavy atom. The van der Waals surface area contributed by atoms with Crippen molar-refractivity contribution in [2.75, 3.05) is 5.32 Å². The molecular formula is C19H12F2N6O2. The fourth-order valence-corrected chi connectivity index (χ4v) is 3.24. The molecule has 1 amide bonds. The number of aryl methyl sites for hydroxylation is 1. The van der Waals surface area contributed by atoms with Crippen LogP contribution in [0.5, 0.6) is 0 Å². The number of amides is 1. The molecule has 0 aliphatic heterocycles. The molecule has 3 heterocycles. The molecule has 0 saturated carbocycles. The van der Waals surface area contributed by atoms with Crippen LogP contribution in [0.25, 0.3) is 33.3 Å². The fourth-order valence-electron chi connectivity index (χ4n) is 3.24. The van der Waals surface area contributed by atoms with Crippen molar-refractivity contribution in [2.24, 2.45) is 7.05 Å². The van der Waals surface area contributed by atoms with Crippen LogP contribution in [0.4, 0.5) is 14.5 Å². The summed E-state index contributed by atoms with van der Waals surface area (Å²) in [6, 6.07) is 7.65. The van der Waals surface area contributed by atoms with Crippen LogP contribution >= 0.6 is 0 Å². The van der Waals surface area contributed by atoms with E-state index in [4.69, 9.17) is 4.52 Å². The van der Waals surface area contributed by atoms with E-state index in [0.29, 0.717) is 28.0 Å². The second kappa shape index (κ2) is 6.23. The van der Waals surface area contributed by atoms with Crippen LogP contribution < -0.4 is 5.32 Å². The maximum atomic E-state index is 14.8. The lowest BCUT2D eigenvalue weighted by Gasteiger charge is -2.08. The molecular weight excluding hydrogens is 382 g/mol. The third-order valence-electron chi connectivity index (χ3n) is 4.66. The maximum absolute atomic E-state index is 14.8. The van der Waals surface area contributed by atoms with Gasteiger partial charge in [0.05, 0.1) is 28.8 Å². The predicted molar refractivity (Wildman–Crippen MR) is 100 cm³/mol. The summed E-state index contributed by atoms with van der Waals surface area (Å²) in [6.07, 6.45) is 2.74. The quantitative estimate of drug-likeness (QED) is 0.487. The molecule has 0 aliphatic carbocycles. The van der Waals surface area contributed by atoms with E-state index in [1.807, 2.05) is 0 Å². The Balaban J connectivity index is 1.53. The molecule has 0 aliphatic rings. The van der Waals surface area contributed by atoms with Crippen molar-refractivity contribution in [3.63, 3.8) is 0 Å². The smallest absolute Gasteiger partial charge is 0.261 e. The van der Waals surface area contributed by atoms with Gasteiger partial charge in [-0.3, -0.25) is 14.6 Å². The number of fused-ring (bicyclic) bond motifs is 2. The fraction of sp³-hybridized carbons (Fsp3) is 0.0526. The Bertz CT molecular complexity index is 1390. The normalized spacial score (nSPS) is 11.4. The number of carbonyl (C=O) groups is 1. The molecule has 5 aromatic rings. The summed E-state index contributed by atoms with van der Waals surface area (Å²) in [4.78, 5) is 12.6. The van der Waals surface area contributed by atoms with Gasteiger partial charge in [0.2, 0.25) is 0 Å². The number of H-pyrrole nitrogens is 1. The van der Waals surface area contributed by atoms with Gasteiger partial charge >= 0.3 is 0 Å². The van der Waals surface area contributed by atoms with Gasteiger partial charge in [0.25, 0.3) is 5.91 Å². The molecule has 5 rings (SSSR count). The summed E-state index contributed by atoms with van der Waals surface area (Å²) in [7, 11) is 1.56. The highest BCUT2D eigenvalue weighted by Gasteiger charge is 2.22. The first-order valence-corrected chi connectivity index (χ1v) is 8.53. The van der Waals surface area contributed by atoms with Crippen molar-refractivity contribution in [2.45, 2.75) is 0 Å². The van der Waals surface area contributed by atoms with E-state index in [1.165, 1.54) is 17.1 Å². The molecule has 10 heteroatoms. The second-order valence-corrected chi connectivity index (χ2v) is 6.41. The van der Waals surface area contributed by atoms with Crippen LogP contribution in [-0.4, -0.2) is 31.0 Å². The highest BCUT2D eigenvalue weighted by Crippen LogP contribution is 2.29. The van der Waals surface area contributed by atoms with Gasteiger partial charge < -0.3 is 9.84 Å². The number of hydrogen-bond donors (Lipinski definition) is 2. The number of halogens is 2. The van der Waals surface area contributed by atoms with Crippen molar-refractivity contribution >= 4 is 33.4 Å². The molecule has 144 valence electrons. The molecule has 0 fully saturated rings. The molecule has 0 bridgehead atoms. The first kappa shape index (κ1) is 17.0. The number of aromatic amines is 1. The highest BCUT2D eigenvalue weighted by atomic mass is 19.1. The van der Waals surface area contributed by atoms with Gasteiger partial charge in [0, 0.05) is 30.3 Å². The van der Waals surface area contributed by atoms with Gasteiger partial charge in [-0.1, -0.05) is 5.16 Å². The first-order valence-electron chi connectivity index (χ1n) is 8.53. The lowest BCUT2D eigenvalue weighted by Crippen LogP contribution is -2.16. The zero-order chi connectivity index (χ0) is 20.1. The van der Waals surface area contributed by atoms with E-state index < -0.39 is 23.1 Å². The summed E-state index contributed by atoms with van der Waals surface area (Å²) in [5, 5.41) is 17.8. The van der Waals surface area contributed by atoms with E-state index in [1.54, 1.807) is 31.3 Å². The Hall–Kier alpha value is -4.08. The number of anilines is 1. The van der Waals surface area contributed by atoms with Gasteiger partial charge in [-0.25, -0.2) is 8.78 Å². The van der Waals surface area contributed by atoms with Gasteiger partial charge in [0.15, 0.2) is 5.76 Å². The molecule has 0 atom stereocenters. The minimum Gasteiger partial charge on any atom is -0.355 e. The van der Waals surface area contributed by atoms with Crippen molar-refractivity contribution in [1.29, 1.82) is 0 Å². The van der Waals surface area contributed by atoms with Crippen LogP contribution in [0.1, 0.15) is 10.4 Å². The number of hydrogen-bond acceptors (Lipinski definition) is 5. The van der Waals surface area contributed by atoms with E-state index in [0.717, 1.165) is 6.07 Å². The molecule has 0 radical (unpaired) electrons. The van der Waals surface area contributed by atoms with Gasteiger partial charge in [-0.15, -0.1) is 0 Å². The Morgan fingerprint density at radius 2 is 2.07 bits per heavy atom. The van der Waals surface area contributed by atoms with Crippen LogP contribution in [0.15, 0.2) is 47.2 Å². The summed E-state index contributed by atoms with van der Waals surface area (Å²) in [5.74, 6) is -2.39. The number of nitrogens with zero attached hydrogens (tertiary/aromatic N) is 4. The molecule has 2 aromatic carbocycles. The third kappa shape index (κ3) is 2.64. The van der Waals surface area contributed by atoms with E-state index in [2.05, 4.69) is 25.8 Å². The Morgan fingerprint density at radius 1 is 1.21 bits per heavy atom. The average molecular weight is 394 g/mol. The second-order valence-electron chi connectivity index (χ2n) is 6.41. The van der Waals surface area contributed by atoms with Crippen LogP contribution in [0.2, 0.25) is 0 Å². The maximum Gasteiger partial charge on any atom is 0.261 e. The van der Waals surface area contributed by atoms with Crippen molar-refractivity contribution in [1.82, 2.24) is 25.1 Å². The monoisotopic (exact) mass is 394 g/mol. The molecule has 8 nitrogen and oxygen atoms in total. The lowest BCUT2D eigenvalue weighted by atomic mass is 10.1. The molecule has 29 heavy (non-hydrogen) atoms. The van der Waals surface area contributed by atoms with Crippen molar-refractivity contribution in [3.8, 4) is 11.5 Å². The van der Waals surface area contributed by atoms with E-state index in [9.17, 15) is 13.6 Å². The number of carbonyl (C=O) groups excluding carboxylic acids is 1. The SMILES string of the molecule is Cn1ncc2c(F)c(C(=O)Nc3ccc4[nH]nc(-c5ccno5)c4c3)c(F)cc21. The molecule has 2 N–H and O–H groups in total. The third-order valence-corrected chi connectivity index (χ3v) is 4.66. The predicted octanol–water partition coefficient (Wildman–Crippen LogP) is 3.64. The Kier molecular flexibility index (Phi) is 3.66. The summed E-state index contributed by atoms with van der Waals surface area (Å²) >= 11 is 0. The molecule has 3 aromatic heterocycles. The number of aromatic nitrogens is 5. The molecule has 0 unspecified atom stereocenters. The Labute approximate surface area is 161 Å². The standard InChI is InChI=1S/C19H12F2N6O2/c1-27-14-7-12(20)16(17(21)11(14)8-22-27)19(28)24-9-2-3-13-10(6-9)18(26-25-13)15-4-5-23-29-15/h2-8H,1H3,(H,24,28)(H,25,26). The highest BCUT2D eigenvalue weighted by molar-refractivity contribution is 6.08. The zero-order valence-corrected chi connectivity index (χ0v) is 14.9. The lowest BCUT2D eigenvalue weighted by molar-refractivity contribution is 0.101. The van der Waals surface area contributed by atoms with Crippen LogP contribution in [-0.2, 0) is 7.05 Å². The molecule has 0 spiro atoms. The van der Waals surface area contributed by atoms with Crippen molar-refractivity contribution in [3.05, 3.63) is 59.9 Å². The molecule has 0 saturated heterocycles. The first-order chi connectivity index (χ1) is 14.0. The minimum atomic E-state index is -0.970. The van der Waals surface area contributed by atoms with Gasteiger partial charge in [-0.2, -0.15) is 10.2 Å². The number of benzene rings is 2. The van der Waals surface area contributed by atoms with Crippen LogP contribution in [0.3, 0.4) is 0 Å². The van der Waals surface area contributed by atoms with Crippen LogP contribution in [0, 0.1) is 11.6 Å². The van der Waals surface area contributed by atoms with Gasteiger partial charge in [0.1, 0.15) is 22.9 Å². The van der Waals surface area contributed by atoms with Gasteiger partial charge in [-0.05, 0) is 18.2 Å². The van der Waals surface area contributed by atoms with Crippen molar-refractivity contribution < 1.29 is 18.1 Å². The zero-order valence-electron chi connectivity index (χ0n) is 14.9. The number of nitrogens with one attached hydrogen (secondary N) is 2. The summed E-state index contributed by atoms with van der Waals surface area (Å²) < 4.78 is 35.7. The minimum absolute atomic E-state index is 0.0666. The van der Waals surface area contributed by atoms with E-state index >= 15 is 0 Å². The number of rotatable bonds is 3. The summed E-state index contributed by atoms with van der Waals surface area (Å²) in [5.41, 5.74) is 1.13. The summed E-state index contributed by atoms with van der Waals surface area (Å²) in [6.45, 7) is 0. The average Bonchev–Trinajstić information content (AvgIpc) is 3.42. The van der Waals surface area contributed by atoms with E-state index in [-0.39, 0.29) is 10.9 Å². The largest absolute Gasteiger partial charge is 0.355 e. The topological polar surface area (TPSA) is 102 Å².